The number of allylic oxidation sites excluding steroid dienone is 1. The molecule has 0 aliphatic heterocycles. The van der Waals surface area contributed by atoms with Gasteiger partial charge in [0, 0.05) is 0 Å². The first-order valence-electron chi connectivity index (χ1n) is 6.78. The van der Waals surface area contributed by atoms with E-state index in [9.17, 15) is 0 Å². The van der Waals surface area contributed by atoms with Gasteiger partial charge in [-0.3, -0.25) is 0 Å². The van der Waals surface area contributed by atoms with E-state index in [1.165, 1.54) is 30.9 Å². The minimum Gasteiger partial charge on any atom is -0.103 e. The van der Waals surface area contributed by atoms with Crippen LogP contribution in [0.5, 0.6) is 0 Å². The largest absolute Gasteiger partial charge is 0.103 e. The van der Waals surface area contributed by atoms with Gasteiger partial charge in [0.2, 0.25) is 0 Å². The Morgan fingerprint density at radius 3 is 2.53 bits per heavy atom. The van der Waals surface area contributed by atoms with Crippen LogP contribution in [0.1, 0.15) is 24.8 Å². The Morgan fingerprint density at radius 1 is 1.24 bits per heavy atom. The minimum absolute atomic E-state index is 0.794. The van der Waals surface area contributed by atoms with Crippen LogP contribution in [-0.4, -0.2) is 8.07 Å². The zero-order valence-electron chi connectivity index (χ0n) is 11.2. The first-order valence-corrected chi connectivity index (χ1v) is 10.1. The maximum atomic E-state index is 3.96. The Hall–Kier alpha value is -0.823. The third-order valence-corrected chi connectivity index (χ3v) is 8.47. The molecule has 17 heavy (non-hydrogen) atoms. The molecule has 2 rings (SSSR count). The highest BCUT2D eigenvalue weighted by Crippen LogP contribution is 2.43. The second-order valence-electron chi connectivity index (χ2n) is 6.16. The molecule has 1 aliphatic carbocycles. The Labute approximate surface area is 107 Å². The molecule has 0 aromatic heterocycles. The molecule has 0 amide bonds. The number of hydrogen-bond donors (Lipinski definition) is 0. The van der Waals surface area contributed by atoms with Gasteiger partial charge in [-0.25, -0.2) is 0 Å². The van der Waals surface area contributed by atoms with Crippen molar-refractivity contribution in [2.45, 2.75) is 43.9 Å². The van der Waals surface area contributed by atoms with Crippen LogP contribution in [0.3, 0.4) is 0 Å². The lowest BCUT2D eigenvalue weighted by atomic mass is 10.1. The fraction of sp³-hybridized carbons (Fsp3) is 0.500. The number of hydrogen-bond acceptors (Lipinski definition) is 0. The van der Waals surface area contributed by atoms with Gasteiger partial charge in [0.1, 0.15) is 0 Å². The fourth-order valence-corrected chi connectivity index (χ4v) is 6.67. The van der Waals surface area contributed by atoms with E-state index in [-0.39, 0.29) is 0 Å². The fourth-order valence-electron chi connectivity index (χ4n) is 3.21. The maximum Gasteiger partial charge on any atom is 0.0548 e. The normalized spacial score (nSPS) is 24.8. The highest BCUT2D eigenvalue weighted by molar-refractivity contribution is 6.78. The number of benzene rings is 1. The van der Waals surface area contributed by atoms with Crippen LogP contribution in [-0.2, 0) is 6.04 Å². The van der Waals surface area contributed by atoms with Crippen LogP contribution >= 0.6 is 0 Å². The summed E-state index contributed by atoms with van der Waals surface area (Å²) in [5.74, 6) is 0.794. The second kappa shape index (κ2) is 5.22. The van der Waals surface area contributed by atoms with Crippen LogP contribution in [0.15, 0.2) is 43.0 Å². The van der Waals surface area contributed by atoms with E-state index in [4.69, 9.17) is 0 Å². The molecule has 0 radical (unpaired) electrons. The minimum atomic E-state index is -1.12. The van der Waals surface area contributed by atoms with Crippen molar-refractivity contribution < 1.29 is 0 Å². The van der Waals surface area contributed by atoms with E-state index >= 15 is 0 Å². The lowest BCUT2D eigenvalue weighted by Gasteiger charge is -2.30. The van der Waals surface area contributed by atoms with E-state index < -0.39 is 8.07 Å². The smallest absolute Gasteiger partial charge is 0.0548 e. The SMILES string of the molecule is C=CC1CCC([Si](C)(C)Cc2ccccc2)C1. The molecule has 1 saturated carbocycles. The second-order valence-corrected chi connectivity index (χ2v) is 11.3. The van der Waals surface area contributed by atoms with Crippen molar-refractivity contribution >= 4 is 8.07 Å². The number of rotatable bonds is 4. The van der Waals surface area contributed by atoms with E-state index in [0.29, 0.717) is 0 Å². The van der Waals surface area contributed by atoms with Gasteiger partial charge in [-0.05, 0) is 30.3 Å². The van der Waals surface area contributed by atoms with E-state index in [1.54, 1.807) is 0 Å². The van der Waals surface area contributed by atoms with Crippen LogP contribution in [0.2, 0.25) is 18.6 Å². The average molecular weight is 244 g/mol. The van der Waals surface area contributed by atoms with Gasteiger partial charge in [-0.2, -0.15) is 0 Å². The van der Waals surface area contributed by atoms with Crippen molar-refractivity contribution in [2.75, 3.05) is 0 Å². The molecule has 0 spiro atoms. The van der Waals surface area contributed by atoms with Gasteiger partial charge in [0.05, 0.1) is 8.07 Å². The van der Waals surface area contributed by atoms with Gasteiger partial charge in [0.15, 0.2) is 0 Å². The first-order chi connectivity index (χ1) is 8.12. The van der Waals surface area contributed by atoms with Crippen molar-refractivity contribution in [3.8, 4) is 0 Å². The average Bonchev–Trinajstić information content (AvgIpc) is 2.79. The molecule has 0 heterocycles. The van der Waals surface area contributed by atoms with Crippen LogP contribution in [0.25, 0.3) is 0 Å². The lowest BCUT2D eigenvalue weighted by Crippen LogP contribution is -2.34. The van der Waals surface area contributed by atoms with Crippen molar-refractivity contribution in [1.29, 1.82) is 0 Å². The predicted molar refractivity (Wildman–Crippen MR) is 78.9 cm³/mol. The third-order valence-electron chi connectivity index (χ3n) is 4.41. The molecule has 2 unspecified atom stereocenters. The molecule has 0 N–H and O–H groups in total. The summed E-state index contributed by atoms with van der Waals surface area (Å²) in [6, 6.07) is 12.4. The maximum absolute atomic E-state index is 3.96. The van der Waals surface area contributed by atoms with Gasteiger partial charge in [0.25, 0.3) is 0 Å². The van der Waals surface area contributed by atoms with Gasteiger partial charge in [-0.1, -0.05) is 61.5 Å². The molecule has 1 aromatic carbocycles. The lowest BCUT2D eigenvalue weighted by molar-refractivity contribution is 0.684. The molecule has 0 saturated heterocycles. The van der Waals surface area contributed by atoms with Crippen molar-refractivity contribution in [3.63, 3.8) is 0 Å². The molecule has 1 heteroatoms. The summed E-state index contributed by atoms with van der Waals surface area (Å²) < 4.78 is 0. The molecule has 1 aliphatic rings. The topological polar surface area (TPSA) is 0 Å². The summed E-state index contributed by atoms with van der Waals surface area (Å²) >= 11 is 0. The van der Waals surface area contributed by atoms with E-state index in [1.807, 2.05) is 0 Å². The Balaban J connectivity index is 2.02. The van der Waals surface area contributed by atoms with Crippen LogP contribution in [0, 0.1) is 5.92 Å². The zero-order valence-corrected chi connectivity index (χ0v) is 12.2. The molecule has 92 valence electrons. The van der Waals surface area contributed by atoms with Crippen molar-refractivity contribution in [1.82, 2.24) is 0 Å². The molecule has 0 nitrogen and oxygen atoms in total. The molecule has 1 aromatic rings. The van der Waals surface area contributed by atoms with Crippen LogP contribution in [0.4, 0.5) is 0 Å². The summed E-state index contributed by atoms with van der Waals surface area (Å²) in [5, 5.41) is 0. The molecule has 1 fully saturated rings. The summed E-state index contributed by atoms with van der Waals surface area (Å²) in [5.41, 5.74) is 2.52. The third kappa shape index (κ3) is 3.10. The van der Waals surface area contributed by atoms with Crippen molar-refractivity contribution in [2.24, 2.45) is 5.92 Å². The molecule has 2 atom stereocenters. The molecule has 0 bridgehead atoms. The summed E-state index contributed by atoms with van der Waals surface area (Å²) in [4.78, 5) is 0. The Bertz CT molecular complexity index is 366. The van der Waals surface area contributed by atoms with Crippen molar-refractivity contribution in [3.05, 3.63) is 48.6 Å². The summed E-state index contributed by atoms with van der Waals surface area (Å²) in [6.45, 7) is 9.09. The molecular weight excluding hydrogens is 220 g/mol. The van der Waals surface area contributed by atoms with E-state index in [2.05, 4.69) is 56.1 Å². The van der Waals surface area contributed by atoms with Crippen LogP contribution < -0.4 is 0 Å². The van der Waals surface area contributed by atoms with Gasteiger partial charge < -0.3 is 0 Å². The summed E-state index contributed by atoms with van der Waals surface area (Å²) in [7, 11) is -1.12. The first kappa shape index (κ1) is 12.6. The highest BCUT2D eigenvalue weighted by Gasteiger charge is 2.36. The highest BCUT2D eigenvalue weighted by atomic mass is 28.3. The summed E-state index contributed by atoms with van der Waals surface area (Å²) in [6.07, 6.45) is 6.38. The Morgan fingerprint density at radius 2 is 1.94 bits per heavy atom. The molecular formula is C16H24Si. The Kier molecular flexibility index (Phi) is 3.88. The quantitative estimate of drug-likeness (QED) is 0.525. The van der Waals surface area contributed by atoms with Gasteiger partial charge >= 0.3 is 0 Å². The van der Waals surface area contributed by atoms with Gasteiger partial charge in [-0.15, -0.1) is 6.58 Å². The zero-order chi connectivity index (χ0) is 12.3. The predicted octanol–water partition coefficient (Wildman–Crippen LogP) is 4.83. The monoisotopic (exact) mass is 244 g/mol. The standard InChI is InChI=1S/C16H24Si/c1-4-14-10-11-16(12-14)17(2,3)13-15-8-6-5-7-9-15/h4-9,14,16H,1,10-13H2,2-3H3. The van der Waals surface area contributed by atoms with E-state index in [0.717, 1.165) is 11.5 Å².